The average Bonchev–Trinajstić information content (AvgIpc) is 2.49. The standard InChI is InChI=1S/C18H22N2/c19-17-9-5-15(6-10-17)13-1-2-14(4-3-13)16-7-11-18(20)12-8-16/h5-14H,1-4,19-20H2. The van der Waals surface area contributed by atoms with Crippen LogP contribution in [0.5, 0.6) is 0 Å². The Morgan fingerprint density at radius 2 is 0.850 bits per heavy atom. The Kier molecular flexibility index (Phi) is 3.64. The SMILES string of the molecule is Nc1ccc(C2CCC(c3ccc(N)cc3)CC2)cc1. The van der Waals surface area contributed by atoms with Crippen LogP contribution in [0, 0.1) is 0 Å². The second-order valence-corrected chi connectivity index (χ2v) is 5.88. The van der Waals surface area contributed by atoms with Crippen LogP contribution >= 0.6 is 0 Å². The molecule has 0 radical (unpaired) electrons. The van der Waals surface area contributed by atoms with Crippen molar-refractivity contribution in [3.05, 3.63) is 59.7 Å². The van der Waals surface area contributed by atoms with E-state index >= 15 is 0 Å². The lowest BCUT2D eigenvalue weighted by atomic mass is 9.76. The van der Waals surface area contributed by atoms with Crippen LogP contribution in [0.1, 0.15) is 48.6 Å². The van der Waals surface area contributed by atoms with Gasteiger partial charge in [-0.25, -0.2) is 0 Å². The maximum atomic E-state index is 5.76. The molecule has 0 heterocycles. The smallest absolute Gasteiger partial charge is 0.0314 e. The summed E-state index contributed by atoms with van der Waals surface area (Å²) in [6.07, 6.45) is 5.05. The van der Waals surface area contributed by atoms with Crippen LogP contribution in [0.15, 0.2) is 48.5 Å². The van der Waals surface area contributed by atoms with E-state index in [2.05, 4.69) is 24.3 Å². The summed E-state index contributed by atoms with van der Waals surface area (Å²) in [6, 6.07) is 16.8. The molecule has 1 aliphatic rings. The lowest BCUT2D eigenvalue weighted by molar-refractivity contribution is 0.396. The van der Waals surface area contributed by atoms with Crippen molar-refractivity contribution in [1.82, 2.24) is 0 Å². The lowest BCUT2D eigenvalue weighted by Gasteiger charge is -2.29. The molecule has 0 saturated heterocycles. The van der Waals surface area contributed by atoms with Crippen LogP contribution in [0.3, 0.4) is 0 Å². The molecule has 4 N–H and O–H groups in total. The van der Waals surface area contributed by atoms with Crippen molar-refractivity contribution in [2.45, 2.75) is 37.5 Å². The first-order valence-electron chi connectivity index (χ1n) is 7.43. The van der Waals surface area contributed by atoms with Gasteiger partial charge in [-0.2, -0.15) is 0 Å². The monoisotopic (exact) mass is 266 g/mol. The molecule has 104 valence electrons. The molecule has 2 nitrogen and oxygen atoms in total. The zero-order chi connectivity index (χ0) is 13.9. The molecule has 20 heavy (non-hydrogen) atoms. The van der Waals surface area contributed by atoms with Gasteiger partial charge >= 0.3 is 0 Å². The minimum Gasteiger partial charge on any atom is -0.399 e. The summed E-state index contributed by atoms with van der Waals surface area (Å²) in [5.74, 6) is 1.39. The van der Waals surface area contributed by atoms with Gasteiger partial charge in [0, 0.05) is 11.4 Å². The van der Waals surface area contributed by atoms with Crippen molar-refractivity contribution in [3.8, 4) is 0 Å². The summed E-state index contributed by atoms with van der Waals surface area (Å²) < 4.78 is 0. The van der Waals surface area contributed by atoms with Gasteiger partial charge in [0.2, 0.25) is 0 Å². The molecule has 2 aromatic rings. The third-order valence-electron chi connectivity index (χ3n) is 4.54. The van der Waals surface area contributed by atoms with Gasteiger partial charge in [-0.3, -0.25) is 0 Å². The predicted octanol–water partition coefficient (Wildman–Crippen LogP) is 4.29. The van der Waals surface area contributed by atoms with Crippen LogP contribution in [-0.2, 0) is 0 Å². The van der Waals surface area contributed by atoms with E-state index in [0.29, 0.717) is 11.8 Å². The quantitative estimate of drug-likeness (QED) is 0.796. The number of nitrogens with two attached hydrogens (primary N) is 2. The minimum atomic E-state index is 0.695. The molecule has 0 atom stereocenters. The fourth-order valence-electron chi connectivity index (χ4n) is 3.30. The molecule has 2 heteroatoms. The highest BCUT2D eigenvalue weighted by Gasteiger charge is 2.23. The summed E-state index contributed by atoms with van der Waals surface area (Å²) in [7, 11) is 0. The maximum Gasteiger partial charge on any atom is 0.0314 e. The molecule has 0 aromatic heterocycles. The molecular formula is C18H22N2. The van der Waals surface area contributed by atoms with Gasteiger partial charge in [-0.15, -0.1) is 0 Å². The molecule has 0 unspecified atom stereocenters. The molecule has 1 saturated carbocycles. The number of rotatable bonds is 2. The van der Waals surface area contributed by atoms with Gasteiger partial charge in [-0.05, 0) is 72.9 Å². The molecule has 0 aliphatic heterocycles. The Bertz CT molecular complexity index is 495. The van der Waals surface area contributed by atoms with Crippen molar-refractivity contribution in [3.63, 3.8) is 0 Å². The first-order chi connectivity index (χ1) is 9.72. The van der Waals surface area contributed by atoms with Crippen molar-refractivity contribution in [2.75, 3.05) is 11.5 Å². The van der Waals surface area contributed by atoms with Gasteiger partial charge in [0.05, 0.1) is 0 Å². The van der Waals surface area contributed by atoms with Gasteiger partial charge in [0.25, 0.3) is 0 Å². The maximum absolute atomic E-state index is 5.76. The molecule has 2 aromatic carbocycles. The van der Waals surface area contributed by atoms with E-state index < -0.39 is 0 Å². The third kappa shape index (κ3) is 2.79. The fraction of sp³-hybridized carbons (Fsp3) is 0.333. The van der Waals surface area contributed by atoms with Gasteiger partial charge in [0.1, 0.15) is 0 Å². The number of anilines is 2. The van der Waals surface area contributed by atoms with Crippen molar-refractivity contribution in [1.29, 1.82) is 0 Å². The molecule has 1 fully saturated rings. The normalized spacial score (nSPS) is 22.6. The summed E-state index contributed by atoms with van der Waals surface area (Å²) in [5, 5.41) is 0. The summed E-state index contributed by atoms with van der Waals surface area (Å²) >= 11 is 0. The summed E-state index contributed by atoms with van der Waals surface area (Å²) in [4.78, 5) is 0. The van der Waals surface area contributed by atoms with Crippen molar-refractivity contribution >= 4 is 11.4 Å². The predicted molar refractivity (Wildman–Crippen MR) is 85.7 cm³/mol. The van der Waals surface area contributed by atoms with E-state index in [9.17, 15) is 0 Å². The number of nitrogen functional groups attached to an aromatic ring is 2. The van der Waals surface area contributed by atoms with E-state index in [-0.39, 0.29) is 0 Å². The molecule has 1 aliphatic carbocycles. The average molecular weight is 266 g/mol. The second kappa shape index (κ2) is 5.58. The topological polar surface area (TPSA) is 52.0 Å². The van der Waals surface area contributed by atoms with Crippen LogP contribution in [0.25, 0.3) is 0 Å². The molecule has 3 rings (SSSR count). The van der Waals surface area contributed by atoms with Crippen LogP contribution < -0.4 is 11.5 Å². The molecule has 0 amide bonds. The zero-order valence-electron chi connectivity index (χ0n) is 11.8. The van der Waals surface area contributed by atoms with Gasteiger partial charge in [0.15, 0.2) is 0 Å². The Labute approximate surface area is 120 Å². The van der Waals surface area contributed by atoms with E-state index in [1.807, 2.05) is 24.3 Å². The highest BCUT2D eigenvalue weighted by molar-refractivity contribution is 5.41. The zero-order valence-corrected chi connectivity index (χ0v) is 11.8. The van der Waals surface area contributed by atoms with Gasteiger partial charge < -0.3 is 11.5 Å². The van der Waals surface area contributed by atoms with Crippen molar-refractivity contribution in [2.24, 2.45) is 0 Å². The van der Waals surface area contributed by atoms with Crippen LogP contribution in [0.2, 0.25) is 0 Å². The lowest BCUT2D eigenvalue weighted by Crippen LogP contribution is -2.12. The van der Waals surface area contributed by atoms with Crippen LogP contribution in [-0.4, -0.2) is 0 Å². The first kappa shape index (κ1) is 13.0. The summed E-state index contributed by atoms with van der Waals surface area (Å²) in [5.41, 5.74) is 16.1. The first-order valence-corrected chi connectivity index (χ1v) is 7.43. The highest BCUT2D eigenvalue weighted by atomic mass is 14.5. The molecule has 0 bridgehead atoms. The Morgan fingerprint density at radius 3 is 1.15 bits per heavy atom. The Balaban J connectivity index is 1.64. The highest BCUT2D eigenvalue weighted by Crippen LogP contribution is 2.40. The fourth-order valence-corrected chi connectivity index (χ4v) is 3.30. The van der Waals surface area contributed by atoms with E-state index in [1.165, 1.54) is 36.8 Å². The molecule has 0 spiro atoms. The van der Waals surface area contributed by atoms with E-state index in [4.69, 9.17) is 11.5 Å². The van der Waals surface area contributed by atoms with Crippen molar-refractivity contribution < 1.29 is 0 Å². The number of benzene rings is 2. The van der Waals surface area contributed by atoms with E-state index in [0.717, 1.165) is 11.4 Å². The van der Waals surface area contributed by atoms with Crippen LogP contribution in [0.4, 0.5) is 11.4 Å². The van der Waals surface area contributed by atoms with E-state index in [1.54, 1.807) is 0 Å². The Morgan fingerprint density at radius 1 is 0.550 bits per heavy atom. The van der Waals surface area contributed by atoms with Gasteiger partial charge in [-0.1, -0.05) is 24.3 Å². The Hall–Kier alpha value is -1.96. The summed E-state index contributed by atoms with van der Waals surface area (Å²) in [6.45, 7) is 0. The number of hydrogen-bond acceptors (Lipinski definition) is 2. The third-order valence-corrected chi connectivity index (χ3v) is 4.54. The molecular weight excluding hydrogens is 244 g/mol. The largest absolute Gasteiger partial charge is 0.399 e. The minimum absolute atomic E-state index is 0.695. The second-order valence-electron chi connectivity index (χ2n) is 5.88. The number of hydrogen-bond donors (Lipinski definition) is 2.